The van der Waals surface area contributed by atoms with Crippen molar-refractivity contribution in [3.8, 4) is 22.4 Å². The van der Waals surface area contributed by atoms with E-state index < -0.39 is 0 Å². The second-order valence-corrected chi connectivity index (χ2v) is 5.93. The minimum Gasteiger partial charge on any atom is -0.305 e. The van der Waals surface area contributed by atoms with E-state index in [0.717, 1.165) is 22.4 Å². The van der Waals surface area contributed by atoms with Gasteiger partial charge in [-0.3, -0.25) is 9.89 Å². The van der Waals surface area contributed by atoms with Crippen molar-refractivity contribution < 1.29 is 4.79 Å². The second-order valence-electron chi connectivity index (χ2n) is 5.93. The molecule has 0 fully saturated rings. The molecule has 0 aliphatic heterocycles. The SMILES string of the molecule is O=C(Nc1cc(-c2ccccc2)[nH]n1)c1ccc(-c2ccccc2)cc1. The van der Waals surface area contributed by atoms with E-state index >= 15 is 0 Å². The molecule has 0 spiro atoms. The van der Waals surface area contributed by atoms with Crippen LogP contribution in [0.15, 0.2) is 91.0 Å². The number of aromatic nitrogens is 2. The number of H-pyrrole nitrogens is 1. The molecule has 0 saturated heterocycles. The van der Waals surface area contributed by atoms with Crippen LogP contribution in [0.2, 0.25) is 0 Å². The highest BCUT2D eigenvalue weighted by Crippen LogP contribution is 2.21. The molecule has 2 N–H and O–H groups in total. The molecule has 0 saturated carbocycles. The molecular weight excluding hydrogens is 322 g/mol. The molecule has 1 aromatic heterocycles. The van der Waals surface area contributed by atoms with E-state index in [0.29, 0.717) is 11.4 Å². The second kappa shape index (κ2) is 7.07. The van der Waals surface area contributed by atoms with E-state index in [1.54, 1.807) is 0 Å². The van der Waals surface area contributed by atoms with Crippen LogP contribution in [0, 0.1) is 0 Å². The number of carbonyl (C=O) groups is 1. The van der Waals surface area contributed by atoms with Gasteiger partial charge in [0.1, 0.15) is 0 Å². The third kappa shape index (κ3) is 3.39. The molecule has 26 heavy (non-hydrogen) atoms. The topological polar surface area (TPSA) is 57.8 Å². The lowest BCUT2D eigenvalue weighted by atomic mass is 10.0. The summed E-state index contributed by atoms with van der Waals surface area (Å²) in [6.07, 6.45) is 0. The van der Waals surface area contributed by atoms with Crippen LogP contribution in [0.5, 0.6) is 0 Å². The summed E-state index contributed by atoms with van der Waals surface area (Å²) in [6, 6.07) is 29.3. The summed E-state index contributed by atoms with van der Waals surface area (Å²) in [5.41, 5.74) is 4.68. The average Bonchev–Trinajstić information content (AvgIpc) is 3.18. The molecule has 4 heteroatoms. The first kappa shape index (κ1) is 15.8. The van der Waals surface area contributed by atoms with Crippen molar-refractivity contribution in [2.24, 2.45) is 0 Å². The first-order valence-electron chi connectivity index (χ1n) is 8.37. The molecule has 0 bridgehead atoms. The molecule has 0 atom stereocenters. The molecule has 3 aromatic carbocycles. The van der Waals surface area contributed by atoms with E-state index in [4.69, 9.17) is 0 Å². The van der Waals surface area contributed by atoms with Crippen LogP contribution in [0.25, 0.3) is 22.4 Å². The molecule has 0 aliphatic rings. The third-order valence-corrected chi connectivity index (χ3v) is 4.16. The van der Waals surface area contributed by atoms with Crippen molar-refractivity contribution in [2.45, 2.75) is 0 Å². The molecule has 0 aliphatic carbocycles. The Bertz CT molecular complexity index is 1010. The van der Waals surface area contributed by atoms with Gasteiger partial charge in [-0.05, 0) is 28.8 Å². The summed E-state index contributed by atoms with van der Waals surface area (Å²) in [7, 11) is 0. The van der Waals surface area contributed by atoms with Crippen LogP contribution in [0.3, 0.4) is 0 Å². The Labute approximate surface area is 151 Å². The molecule has 4 nitrogen and oxygen atoms in total. The number of rotatable bonds is 4. The molecular formula is C22H17N3O. The predicted octanol–water partition coefficient (Wildman–Crippen LogP) is 5.00. The fourth-order valence-corrected chi connectivity index (χ4v) is 2.78. The van der Waals surface area contributed by atoms with E-state index in [2.05, 4.69) is 15.5 Å². The van der Waals surface area contributed by atoms with Crippen molar-refractivity contribution in [2.75, 3.05) is 5.32 Å². The largest absolute Gasteiger partial charge is 0.305 e. The number of anilines is 1. The third-order valence-electron chi connectivity index (χ3n) is 4.16. The maximum atomic E-state index is 12.4. The monoisotopic (exact) mass is 339 g/mol. The minimum atomic E-state index is -0.185. The van der Waals surface area contributed by atoms with Crippen molar-refractivity contribution >= 4 is 11.7 Å². The highest BCUT2D eigenvalue weighted by Gasteiger charge is 2.09. The summed E-state index contributed by atoms with van der Waals surface area (Å²) in [6.45, 7) is 0. The van der Waals surface area contributed by atoms with Gasteiger partial charge < -0.3 is 5.32 Å². The quantitative estimate of drug-likeness (QED) is 0.550. The van der Waals surface area contributed by atoms with Crippen LogP contribution >= 0.6 is 0 Å². The van der Waals surface area contributed by atoms with Crippen LogP contribution in [-0.2, 0) is 0 Å². The lowest BCUT2D eigenvalue weighted by Crippen LogP contribution is -2.11. The number of aromatic amines is 1. The van der Waals surface area contributed by atoms with Gasteiger partial charge in [-0.15, -0.1) is 0 Å². The summed E-state index contributed by atoms with van der Waals surface area (Å²) in [5.74, 6) is 0.316. The first-order chi connectivity index (χ1) is 12.8. The smallest absolute Gasteiger partial charge is 0.256 e. The Kier molecular flexibility index (Phi) is 4.31. The van der Waals surface area contributed by atoms with Crippen LogP contribution < -0.4 is 5.32 Å². The summed E-state index contributed by atoms with van der Waals surface area (Å²) >= 11 is 0. The van der Waals surface area contributed by atoms with E-state index in [9.17, 15) is 4.79 Å². The molecule has 0 unspecified atom stereocenters. The van der Waals surface area contributed by atoms with Gasteiger partial charge in [-0.2, -0.15) is 5.10 Å². The lowest BCUT2D eigenvalue weighted by Gasteiger charge is -2.04. The molecule has 126 valence electrons. The Hall–Kier alpha value is -3.66. The minimum absolute atomic E-state index is 0.185. The summed E-state index contributed by atoms with van der Waals surface area (Å²) in [4.78, 5) is 12.4. The summed E-state index contributed by atoms with van der Waals surface area (Å²) in [5, 5.41) is 9.94. The zero-order chi connectivity index (χ0) is 17.8. The van der Waals surface area contributed by atoms with Crippen molar-refractivity contribution in [3.63, 3.8) is 0 Å². The van der Waals surface area contributed by atoms with Gasteiger partial charge >= 0.3 is 0 Å². The van der Waals surface area contributed by atoms with Gasteiger partial charge in [0.25, 0.3) is 5.91 Å². The Morgan fingerprint density at radius 2 is 1.31 bits per heavy atom. The number of nitrogens with one attached hydrogen (secondary N) is 2. The number of amides is 1. The number of nitrogens with zero attached hydrogens (tertiary/aromatic N) is 1. The van der Waals surface area contributed by atoms with E-state index in [1.165, 1.54) is 0 Å². The van der Waals surface area contributed by atoms with E-state index in [-0.39, 0.29) is 5.91 Å². The van der Waals surface area contributed by atoms with Gasteiger partial charge in [-0.1, -0.05) is 72.8 Å². The molecule has 4 aromatic rings. The van der Waals surface area contributed by atoms with Gasteiger partial charge in [0.15, 0.2) is 5.82 Å². The van der Waals surface area contributed by atoms with Crippen molar-refractivity contribution in [3.05, 3.63) is 96.6 Å². The Morgan fingerprint density at radius 1 is 0.731 bits per heavy atom. The Balaban J connectivity index is 1.48. The number of hydrogen-bond donors (Lipinski definition) is 2. The molecule has 1 heterocycles. The number of carbonyl (C=O) groups excluding carboxylic acids is 1. The number of hydrogen-bond acceptors (Lipinski definition) is 2. The Morgan fingerprint density at radius 3 is 1.96 bits per heavy atom. The zero-order valence-electron chi connectivity index (χ0n) is 14.0. The van der Waals surface area contributed by atoms with Crippen molar-refractivity contribution in [1.82, 2.24) is 10.2 Å². The molecule has 4 rings (SSSR count). The first-order valence-corrected chi connectivity index (χ1v) is 8.37. The van der Waals surface area contributed by atoms with Crippen LogP contribution in [0.4, 0.5) is 5.82 Å². The highest BCUT2D eigenvalue weighted by atomic mass is 16.1. The van der Waals surface area contributed by atoms with Gasteiger partial charge in [-0.25, -0.2) is 0 Å². The normalized spacial score (nSPS) is 10.5. The molecule has 1 amide bonds. The standard InChI is InChI=1S/C22H17N3O/c26-22(19-13-11-17(12-14-19)16-7-3-1-4-8-16)23-21-15-20(24-25-21)18-9-5-2-6-10-18/h1-15H,(H2,23,24,25,26). The van der Waals surface area contributed by atoms with Gasteiger partial charge in [0, 0.05) is 11.6 Å². The lowest BCUT2D eigenvalue weighted by molar-refractivity contribution is 0.102. The van der Waals surface area contributed by atoms with Gasteiger partial charge in [0.05, 0.1) is 5.69 Å². The fraction of sp³-hybridized carbons (Fsp3) is 0. The molecule has 0 radical (unpaired) electrons. The zero-order valence-corrected chi connectivity index (χ0v) is 14.0. The van der Waals surface area contributed by atoms with Crippen LogP contribution in [0.1, 0.15) is 10.4 Å². The van der Waals surface area contributed by atoms with Crippen molar-refractivity contribution in [1.29, 1.82) is 0 Å². The number of benzene rings is 3. The predicted molar refractivity (Wildman–Crippen MR) is 104 cm³/mol. The van der Waals surface area contributed by atoms with E-state index in [1.807, 2.05) is 91.0 Å². The summed E-state index contributed by atoms with van der Waals surface area (Å²) < 4.78 is 0. The maximum absolute atomic E-state index is 12.4. The van der Waals surface area contributed by atoms with Crippen LogP contribution in [-0.4, -0.2) is 16.1 Å². The highest BCUT2D eigenvalue weighted by molar-refractivity contribution is 6.04. The maximum Gasteiger partial charge on any atom is 0.256 e. The van der Waals surface area contributed by atoms with Gasteiger partial charge in [0.2, 0.25) is 0 Å². The average molecular weight is 339 g/mol. The fourth-order valence-electron chi connectivity index (χ4n) is 2.78.